The molecule has 0 unspecified atom stereocenters. The van der Waals surface area contributed by atoms with Gasteiger partial charge in [0.25, 0.3) is 0 Å². The lowest BCUT2D eigenvalue weighted by molar-refractivity contribution is 0.330. The molecule has 0 bridgehead atoms. The van der Waals surface area contributed by atoms with E-state index >= 15 is 0 Å². The molecule has 0 aliphatic carbocycles. The van der Waals surface area contributed by atoms with Crippen LogP contribution in [0.2, 0.25) is 5.22 Å². The zero-order valence-electron chi connectivity index (χ0n) is 6.91. The van der Waals surface area contributed by atoms with Gasteiger partial charge in [-0.2, -0.15) is 4.98 Å². The van der Waals surface area contributed by atoms with Crippen molar-refractivity contribution in [2.75, 3.05) is 0 Å². The summed E-state index contributed by atoms with van der Waals surface area (Å²) in [6, 6.07) is 7.40. The van der Waals surface area contributed by atoms with Crippen LogP contribution in [0.15, 0.2) is 39.4 Å². The molecule has 0 saturated heterocycles. The smallest absolute Gasteiger partial charge is 0.400 e. The van der Waals surface area contributed by atoms with Crippen LogP contribution in [-0.4, -0.2) is 4.98 Å². The van der Waals surface area contributed by atoms with Crippen LogP contribution in [-0.2, 0) is 0 Å². The van der Waals surface area contributed by atoms with Gasteiger partial charge in [-0.15, -0.1) is 0 Å². The highest BCUT2D eigenvalue weighted by Crippen LogP contribution is 2.29. The Bertz CT molecular complexity index is 444. The Morgan fingerprint density at radius 3 is 2.79 bits per heavy atom. The van der Waals surface area contributed by atoms with Gasteiger partial charge in [-0.05, 0) is 39.7 Å². The van der Waals surface area contributed by atoms with Crippen molar-refractivity contribution in [2.45, 2.75) is 0 Å². The zero-order valence-corrected chi connectivity index (χ0v) is 9.25. The lowest BCUT2D eigenvalue weighted by Crippen LogP contribution is -1.84. The van der Waals surface area contributed by atoms with Crippen LogP contribution in [0.5, 0.6) is 11.8 Å². The fraction of sp³-hybridized carbons (Fsp3) is 0. The standard InChI is InChI=1S/C9H5BrClNO2/c10-6-3-1-2-4-7(6)13-9-12-5-8(11)14-9/h1-5H. The number of nitrogens with zero attached hydrogens (tertiary/aromatic N) is 1. The molecule has 5 heteroatoms. The number of aromatic nitrogens is 1. The van der Waals surface area contributed by atoms with Crippen molar-refractivity contribution < 1.29 is 9.15 Å². The molecule has 0 aliphatic heterocycles. The summed E-state index contributed by atoms with van der Waals surface area (Å²) < 4.78 is 11.1. The van der Waals surface area contributed by atoms with E-state index in [1.165, 1.54) is 6.20 Å². The molecule has 1 aromatic heterocycles. The minimum Gasteiger partial charge on any atom is -0.410 e. The van der Waals surface area contributed by atoms with Crippen LogP contribution in [0.3, 0.4) is 0 Å². The predicted octanol–water partition coefficient (Wildman–Crippen LogP) is 3.88. The van der Waals surface area contributed by atoms with E-state index in [4.69, 9.17) is 20.8 Å². The Balaban J connectivity index is 2.23. The second-order valence-electron chi connectivity index (χ2n) is 2.46. The van der Waals surface area contributed by atoms with Crippen molar-refractivity contribution in [3.05, 3.63) is 40.2 Å². The first-order chi connectivity index (χ1) is 6.75. The third kappa shape index (κ3) is 2.08. The van der Waals surface area contributed by atoms with E-state index < -0.39 is 0 Å². The molecule has 0 spiro atoms. The number of halogens is 2. The number of ether oxygens (including phenoxy) is 1. The number of hydrogen-bond acceptors (Lipinski definition) is 3. The van der Waals surface area contributed by atoms with Crippen molar-refractivity contribution in [2.24, 2.45) is 0 Å². The van der Waals surface area contributed by atoms with Gasteiger partial charge >= 0.3 is 6.08 Å². The van der Waals surface area contributed by atoms with Gasteiger partial charge in [0.15, 0.2) is 0 Å². The maximum absolute atomic E-state index is 5.55. The molecule has 14 heavy (non-hydrogen) atoms. The number of hydrogen-bond donors (Lipinski definition) is 0. The average molecular weight is 275 g/mol. The van der Waals surface area contributed by atoms with Gasteiger partial charge < -0.3 is 9.15 Å². The van der Waals surface area contributed by atoms with Gasteiger partial charge in [-0.3, -0.25) is 0 Å². The first-order valence-electron chi connectivity index (χ1n) is 3.79. The Morgan fingerprint density at radius 1 is 1.36 bits per heavy atom. The fourth-order valence-corrected chi connectivity index (χ4v) is 1.39. The molecule has 72 valence electrons. The van der Waals surface area contributed by atoms with Gasteiger partial charge in [0.05, 0.1) is 10.7 Å². The molecule has 1 heterocycles. The Hall–Kier alpha value is -1.000. The second-order valence-corrected chi connectivity index (χ2v) is 3.69. The predicted molar refractivity (Wildman–Crippen MR) is 55.7 cm³/mol. The molecule has 0 atom stereocenters. The lowest BCUT2D eigenvalue weighted by atomic mass is 10.3. The summed E-state index contributed by atoms with van der Waals surface area (Å²) in [6.45, 7) is 0. The highest BCUT2D eigenvalue weighted by atomic mass is 79.9. The highest BCUT2D eigenvalue weighted by Gasteiger charge is 2.06. The van der Waals surface area contributed by atoms with Crippen LogP contribution in [0.4, 0.5) is 0 Å². The fourth-order valence-electron chi connectivity index (χ4n) is 0.908. The summed E-state index contributed by atoms with van der Waals surface area (Å²) in [6.07, 6.45) is 1.51. The molecule has 0 saturated carbocycles. The molecule has 2 rings (SSSR count). The minimum atomic E-state index is 0.127. The lowest BCUT2D eigenvalue weighted by Gasteiger charge is -2.01. The molecule has 0 aliphatic rings. The van der Waals surface area contributed by atoms with E-state index in [9.17, 15) is 0 Å². The molecule has 1 aromatic carbocycles. The van der Waals surface area contributed by atoms with E-state index in [0.29, 0.717) is 5.75 Å². The Labute approximate surface area is 93.8 Å². The van der Waals surface area contributed by atoms with Gasteiger partial charge in [-0.1, -0.05) is 12.1 Å². The highest BCUT2D eigenvalue weighted by molar-refractivity contribution is 9.10. The summed E-state index contributed by atoms with van der Waals surface area (Å²) in [5, 5.41) is 0.201. The molecule has 0 N–H and O–H groups in total. The third-order valence-corrected chi connectivity index (χ3v) is 2.32. The summed E-state index contributed by atoms with van der Waals surface area (Å²) in [5.41, 5.74) is 0. The summed E-state index contributed by atoms with van der Waals surface area (Å²) in [7, 11) is 0. The SMILES string of the molecule is Clc1cnc(Oc2ccccc2Br)o1. The van der Waals surface area contributed by atoms with Gasteiger partial charge in [-0.25, -0.2) is 0 Å². The molecule has 3 nitrogen and oxygen atoms in total. The number of benzene rings is 1. The molecule has 0 amide bonds. The minimum absolute atomic E-state index is 0.127. The van der Waals surface area contributed by atoms with Crippen molar-refractivity contribution in [3.8, 4) is 11.8 Å². The zero-order chi connectivity index (χ0) is 9.97. The van der Waals surface area contributed by atoms with E-state index in [0.717, 1.165) is 4.47 Å². The van der Waals surface area contributed by atoms with Crippen LogP contribution in [0, 0.1) is 0 Å². The third-order valence-electron chi connectivity index (χ3n) is 1.49. The van der Waals surface area contributed by atoms with E-state index in [1.807, 2.05) is 18.2 Å². The normalized spacial score (nSPS) is 10.1. The van der Waals surface area contributed by atoms with E-state index in [2.05, 4.69) is 20.9 Å². The van der Waals surface area contributed by atoms with Crippen LogP contribution in [0.25, 0.3) is 0 Å². The quantitative estimate of drug-likeness (QED) is 0.833. The Morgan fingerprint density at radius 2 is 2.14 bits per heavy atom. The monoisotopic (exact) mass is 273 g/mol. The second kappa shape index (κ2) is 4.02. The van der Waals surface area contributed by atoms with E-state index in [1.54, 1.807) is 6.07 Å². The van der Waals surface area contributed by atoms with Crippen LogP contribution in [0.1, 0.15) is 0 Å². The summed E-state index contributed by atoms with van der Waals surface area (Å²) in [4.78, 5) is 3.81. The van der Waals surface area contributed by atoms with Gasteiger partial charge in [0, 0.05) is 0 Å². The molecule has 2 aromatic rings. The first kappa shape index (κ1) is 9.55. The molecular weight excluding hydrogens is 269 g/mol. The molecular formula is C9H5BrClNO2. The summed E-state index contributed by atoms with van der Waals surface area (Å²) in [5.74, 6) is 0.631. The van der Waals surface area contributed by atoms with Crippen molar-refractivity contribution in [3.63, 3.8) is 0 Å². The Kier molecular flexibility index (Phi) is 2.74. The van der Waals surface area contributed by atoms with Gasteiger partial charge in [0.1, 0.15) is 5.75 Å². The molecule has 0 fully saturated rings. The number of oxazole rings is 1. The molecule has 0 radical (unpaired) electrons. The topological polar surface area (TPSA) is 35.3 Å². The van der Waals surface area contributed by atoms with E-state index in [-0.39, 0.29) is 11.3 Å². The number of rotatable bonds is 2. The van der Waals surface area contributed by atoms with Crippen LogP contribution >= 0.6 is 27.5 Å². The van der Waals surface area contributed by atoms with Crippen molar-refractivity contribution in [1.82, 2.24) is 4.98 Å². The number of para-hydroxylation sites is 1. The largest absolute Gasteiger partial charge is 0.410 e. The van der Waals surface area contributed by atoms with Crippen molar-refractivity contribution >= 4 is 27.5 Å². The van der Waals surface area contributed by atoms with Crippen LogP contribution < -0.4 is 4.74 Å². The maximum atomic E-state index is 5.55. The first-order valence-corrected chi connectivity index (χ1v) is 4.96. The van der Waals surface area contributed by atoms with Gasteiger partial charge in [0.2, 0.25) is 5.22 Å². The summed E-state index contributed by atoms with van der Waals surface area (Å²) >= 11 is 8.88. The maximum Gasteiger partial charge on any atom is 0.400 e. The van der Waals surface area contributed by atoms with Crippen molar-refractivity contribution in [1.29, 1.82) is 0 Å². The average Bonchev–Trinajstić information content (AvgIpc) is 2.56.